The smallest absolute Gasteiger partial charge is 0.214 e. The van der Waals surface area contributed by atoms with E-state index >= 15 is 92.6 Å². The summed E-state index contributed by atoms with van der Waals surface area (Å²) in [6, 6.07) is 1.96. The molecule has 0 spiro atoms. The van der Waals surface area contributed by atoms with Gasteiger partial charge in [-0.3, -0.25) is 4.79 Å². The predicted molar refractivity (Wildman–Crippen MR) is 251 cm³/mol. The van der Waals surface area contributed by atoms with Gasteiger partial charge in [0.05, 0.1) is 77.7 Å². The van der Waals surface area contributed by atoms with Crippen LogP contribution in [0.3, 0.4) is 0 Å². The third-order valence-electron chi connectivity index (χ3n) is 14.4. The number of hydrogen-bond donors (Lipinski definition) is 2. The maximum Gasteiger partial charge on any atom is 0.214 e. The van der Waals surface area contributed by atoms with Gasteiger partial charge in [0.1, 0.15) is 5.52 Å². The first-order chi connectivity index (χ1) is 40.6. The summed E-state index contributed by atoms with van der Waals surface area (Å²) in [4.78, 5) is 28.3. The Balaban J connectivity index is 1.47. The van der Waals surface area contributed by atoms with Gasteiger partial charge >= 0.3 is 0 Å². The lowest BCUT2D eigenvalue weighted by atomic mass is 9.97. The molecule has 12 aromatic rings. The van der Waals surface area contributed by atoms with Crippen molar-refractivity contribution >= 4 is 72.6 Å². The van der Waals surface area contributed by atoms with E-state index < -0.39 is 278 Å². The average Bonchev–Trinajstić information content (AvgIpc) is 1.51. The lowest BCUT2D eigenvalue weighted by Gasteiger charge is -2.13. The van der Waals surface area contributed by atoms with E-state index in [9.17, 15) is 22.0 Å². The molecule has 0 radical (unpaired) electrons. The van der Waals surface area contributed by atoms with Gasteiger partial charge in [-0.2, -0.15) is 0 Å². The summed E-state index contributed by atoms with van der Waals surface area (Å²) in [6.45, 7) is 0. The number of benzene rings is 5. The highest BCUT2D eigenvalue weighted by Gasteiger charge is 2.40. The maximum absolute atomic E-state index is 16.8. The third kappa shape index (κ3) is 6.77. The fourth-order valence-corrected chi connectivity index (χ4v) is 10.8. The summed E-state index contributed by atoms with van der Waals surface area (Å²) in [6.07, 6.45) is 0.710. The van der Waals surface area contributed by atoms with Crippen LogP contribution in [0.5, 0.6) is 0 Å². The van der Waals surface area contributed by atoms with Crippen LogP contribution in [-0.4, -0.2) is 24.3 Å². The molecule has 0 atom stereocenters. The second-order valence-corrected chi connectivity index (χ2v) is 18.7. The second kappa shape index (κ2) is 18.2. The molecule has 13 rings (SSSR count). The van der Waals surface area contributed by atoms with E-state index in [1.807, 2.05) is 0 Å². The summed E-state index contributed by atoms with van der Waals surface area (Å²) < 4.78 is 396. The highest BCUT2D eigenvalue weighted by molar-refractivity contribution is 6.30. The van der Waals surface area contributed by atoms with Crippen LogP contribution in [0.25, 0.3) is 128 Å². The summed E-state index contributed by atoms with van der Waals surface area (Å²) in [5, 5.41) is -3.13. The number of pyridine rings is 1. The number of nitrogens with one attached hydrogen (secondary N) is 2. The van der Waals surface area contributed by atoms with Crippen LogP contribution in [0.15, 0.2) is 29.1 Å². The fraction of sp³-hybridized carbons (Fsp3) is 0. The Morgan fingerprint density at radius 3 is 0.988 bits per heavy atom. The summed E-state index contributed by atoms with van der Waals surface area (Å²) in [7, 11) is 0. The van der Waals surface area contributed by atoms with E-state index in [0.29, 0.717) is 40.8 Å². The molecule has 5 aromatic carbocycles. The van der Waals surface area contributed by atoms with Gasteiger partial charge in [0.15, 0.2) is 116 Å². The lowest BCUT2D eigenvalue weighted by Crippen LogP contribution is -2.09. The molecule has 2 N–H and O–H groups in total. The van der Waals surface area contributed by atoms with Gasteiger partial charge in [-0.25, -0.2) is 120 Å². The van der Waals surface area contributed by atoms with Crippen molar-refractivity contribution in [1.29, 1.82) is 0 Å². The first-order valence-corrected chi connectivity index (χ1v) is 23.2. The van der Waals surface area contributed by atoms with E-state index in [1.54, 1.807) is 0 Å². The molecule has 0 amide bonds. The molecule has 8 heterocycles. The Kier molecular flexibility index (Phi) is 11.7. The summed E-state index contributed by atoms with van der Waals surface area (Å²) >= 11 is 0. The van der Waals surface area contributed by atoms with Crippen molar-refractivity contribution in [3.8, 4) is 55.6 Å². The van der Waals surface area contributed by atoms with E-state index in [0.717, 1.165) is 0 Å². The molecule has 86 heavy (non-hydrogen) atoms. The number of fused-ring (bicyclic) bond motifs is 5. The van der Waals surface area contributed by atoms with Crippen LogP contribution in [-0.2, 0) is 0 Å². The molecule has 7 aromatic heterocycles. The fourth-order valence-electron chi connectivity index (χ4n) is 10.8. The summed E-state index contributed by atoms with van der Waals surface area (Å²) in [5.41, 5.74) is -37.5. The summed E-state index contributed by atoms with van der Waals surface area (Å²) in [5.74, 6) is -72.2. The number of hydrogen-bond acceptors (Lipinski definition) is 3. The van der Waals surface area contributed by atoms with Gasteiger partial charge < -0.3 is 14.4 Å². The van der Waals surface area contributed by atoms with Crippen molar-refractivity contribution in [2.45, 2.75) is 0 Å². The van der Waals surface area contributed by atoms with Crippen molar-refractivity contribution < 1.29 is 110 Å². The second-order valence-electron chi connectivity index (χ2n) is 18.7. The van der Waals surface area contributed by atoms with Crippen LogP contribution in [0.1, 0.15) is 11.4 Å². The Morgan fingerprint density at radius 2 is 0.581 bits per heavy atom. The number of halogens is 25. The Morgan fingerprint density at radius 1 is 0.279 bits per heavy atom. The van der Waals surface area contributed by atoms with Crippen molar-refractivity contribution in [3.63, 3.8) is 0 Å². The number of rotatable bonds is 5. The Labute approximate surface area is 452 Å². The molecule has 0 saturated heterocycles. The van der Waals surface area contributed by atoms with Crippen LogP contribution >= 0.6 is 0 Å². The highest BCUT2D eigenvalue weighted by atomic mass is 19.2. The van der Waals surface area contributed by atoms with Gasteiger partial charge in [-0.05, 0) is 36.4 Å². The molecular formula is C55H8F25N5O. The van der Waals surface area contributed by atoms with Gasteiger partial charge in [-0.1, -0.05) is 0 Å². The quantitative estimate of drug-likeness (QED) is 0.102. The molecule has 434 valence electrons. The van der Waals surface area contributed by atoms with Crippen molar-refractivity contribution in [1.82, 2.24) is 24.3 Å². The van der Waals surface area contributed by atoms with E-state index in [2.05, 4.69) is 19.9 Å². The zero-order valence-electron chi connectivity index (χ0n) is 40.2. The molecular weight excluding hydrogens is 1220 g/mol. The third-order valence-corrected chi connectivity index (χ3v) is 14.4. The van der Waals surface area contributed by atoms with Gasteiger partial charge in [0.2, 0.25) is 34.5 Å². The first kappa shape index (κ1) is 55.1. The van der Waals surface area contributed by atoms with Gasteiger partial charge in [-0.15, -0.1) is 0 Å². The minimum absolute atomic E-state index is 0.329. The molecule has 1 aliphatic heterocycles. The van der Waals surface area contributed by atoms with Gasteiger partial charge in [0.25, 0.3) is 0 Å². The normalized spacial score (nSPS) is 12.5. The molecule has 0 unspecified atom stereocenters. The zero-order chi connectivity index (χ0) is 61.9. The van der Waals surface area contributed by atoms with Crippen LogP contribution in [0.4, 0.5) is 110 Å². The van der Waals surface area contributed by atoms with Gasteiger partial charge in [0, 0.05) is 44.2 Å². The van der Waals surface area contributed by atoms with Crippen molar-refractivity contribution in [3.05, 3.63) is 191 Å². The van der Waals surface area contributed by atoms with Crippen molar-refractivity contribution in [2.24, 2.45) is 0 Å². The number of H-pyrrole nitrogens is 2. The van der Waals surface area contributed by atoms with Crippen LogP contribution < -0.4 is 5.43 Å². The average molecular weight is 1230 g/mol. The number of nitrogens with zero attached hydrogens (tertiary/aromatic N) is 3. The number of aromatic amines is 2. The van der Waals surface area contributed by atoms with Crippen LogP contribution in [0.2, 0.25) is 0 Å². The lowest BCUT2D eigenvalue weighted by molar-refractivity contribution is 0.381. The largest absolute Gasteiger partial charge is 0.354 e. The van der Waals surface area contributed by atoms with Crippen molar-refractivity contribution in [2.75, 3.05) is 0 Å². The van der Waals surface area contributed by atoms with E-state index in [1.165, 1.54) is 0 Å². The SMILES string of the molecule is O=c1c2nc3c(-c4c(F)c(F)c(F)c(F)c4F)c4ccc5c(-c6c(F)c(F)c(F)c(F)c6F)c6[nH]c(c(-c7c(F)c(F)c(F)c(F)c7F)c7ccc([nH]7)c(-c7c(F)c(F)c(F)c(F)c7F)c7nc(c2-c2c(F)c(F)c(F)c(F)c2F)C=C7)c1c6c3n45. The molecule has 0 saturated carbocycles. The Hall–Kier alpha value is -10.1. The van der Waals surface area contributed by atoms with E-state index in [4.69, 9.17) is 0 Å². The number of aromatic nitrogens is 5. The predicted octanol–water partition coefficient (Wildman–Crippen LogP) is 16.8. The molecule has 6 bridgehead atoms. The monoisotopic (exact) mass is 1230 g/mol. The molecule has 0 aliphatic carbocycles. The molecule has 31 heteroatoms. The first-order valence-electron chi connectivity index (χ1n) is 23.2. The highest BCUT2D eigenvalue weighted by Crippen LogP contribution is 2.52. The van der Waals surface area contributed by atoms with E-state index in [-0.39, 0.29) is 0 Å². The molecule has 6 nitrogen and oxygen atoms in total. The minimum atomic E-state index is -3.03. The van der Waals surface area contributed by atoms with Crippen LogP contribution in [0, 0.1) is 145 Å². The molecule has 0 fully saturated rings. The minimum Gasteiger partial charge on any atom is -0.354 e. The standard InChI is InChI=1S/C55H8F25N5O/c56-25-18(26(57)36(67)45(76)35(25)66)13-7-1-3-9(81-7)14(19-27(58)37(68)46(77)38(69)28(19)59)50-24-23-51(83-50)16(21-31(62)41(72)48(79)42(73)32(21)63)11-5-6-12-17(22-33(64)43(74)49(80)44(75)34(22)65)52(54(23)85(11)12)84-53(55(24)86)15(10-4-2-8(13)82-10)20-29(60)39(70)47(78)40(71)30(20)61/h1-6,81,83H. The molecule has 1 aliphatic rings. The maximum atomic E-state index is 16.8. The topological polar surface area (TPSA) is 78.8 Å². The Bertz CT molecular complexity index is 5250. The zero-order valence-corrected chi connectivity index (χ0v) is 40.2.